The van der Waals surface area contributed by atoms with Crippen LogP contribution in [-0.2, 0) is 9.59 Å². The van der Waals surface area contributed by atoms with Crippen molar-refractivity contribution in [1.29, 1.82) is 0 Å². The standard InChI is InChI=1S/C22H23N3O3S/c1-16(26)25-9-8-17-5-2-3-6-18(17)19(25)15-21(27)23-10-12-24(13-11-23)22(28)20-7-4-14-29-20/h2-9,14,19H,10-13,15H2,1H3/t19-/m0/s1. The first-order chi connectivity index (χ1) is 14.0. The van der Waals surface area contributed by atoms with Gasteiger partial charge in [-0.25, -0.2) is 0 Å². The molecule has 150 valence electrons. The fraction of sp³-hybridized carbons (Fsp3) is 0.318. The van der Waals surface area contributed by atoms with Crippen LogP contribution >= 0.6 is 11.3 Å². The predicted octanol–water partition coefficient (Wildman–Crippen LogP) is 3.00. The first kappa shape index (κ1) is 19.4. The van der Waals surface area contributed by atoms with Gasteiger partial charge in [-0.15, -0.1) is 11.3 Å². The van der Waals surface area contributed by atoms with Crippen LogP contribution in [0.25, 0.3) is 6.08 Å². The Kier molecular flexibility index (Phi) is 5.49. The lowest BCUT2D eigenvalue weighted by molar-refractivity contribution is -0.135. The average molecular weight is 410 g/mol. The second kappa shape index (κ2) is 8.21. The average Bonchev–Trinajstić information content (AvgIpc) is 3.28. The van der Waals surface area contributed by atoms with Gasteiger partial charge in [-0.1, -0.05) is 30.3 Å². The lowest BCUT2D eigenvalue weighted by atomic mass is 9.93. The van der Waals surface area contributed by atoms with Gasteiger partial charge < -0.3 is 14.7 Å². The van der Waals surface area contributed by atoms with Gasteiger partial charge in [-0.05, 0) is 28.6 Å². The zero-order valence-corrected chi connectivity index (χ0v) is 17.1. The van der Waals surface area contributed by atoms with Gasteiger partial charge in [0, 0.05) is 39.3 Å². The molecule has 2 aliphatic rings. The molecule has 29 heavy (non-hydrogen) atoms. The Morgan fingerprint density at radius 1 is 1.00 bits per heavy atom. The van der Waals surface area contributed by atoms with Crippen molar-refractivity contribution < 1.29 is 14.4 Å². The number of amides is 3. The summed E-state index contributed by atoms with van der Waals surface area (Å²) in [6.45, 7) is 3.60. The SMILES string of the molecule is CC(=O)N1C=Cc2ccccc2[C@@H]1CC(=O)N1CCN(C(=O)c2cccs2)CC1. The molecule has 2 aromatic rings. The van der Waals surface area contributed by atoms with Crippen LogP contribution in [-0.4, -0.2) is 58.6 Å². The highest BCUT2D eigenvalue weighted by molar-refractivity contribution is 7.12. The van der Waals surface area contributed by atoms with Gasteiger partial charge in [0.05, 0.1) is 17.3 Å². The second-order valence-electron chi connectivity index (χ2n) is 7.24. The molecule has 0 spiro atoms. The van der Waals surface area contributed by atoms with Gasteiger partial charge in [-0.2, -0.15) is 0 Å². The molecule has 2 aliphatic heterocycles. The number of rotatable bonds is 3. The maximum absolute atomic E-state index is 13.0. The molecule has 1 atom stereocenters. The third-order valence-electron chi connectivity index (χ3n) is 5.49. The van der Waals surface area contributed by atoms with Crippen LogP contribution in [0.3, 0.4) is 0 Å². The van der Waals surface area contributed by atoms with Gasteiger partial charge in [0.2, 0.25) is 11.8 Å². The lowest BCUT2D eigenvalue weighted by Crippen LogP contribution is -2.51. The van der Waals surface area contributed by atoms with Gasteiger partial charge in [-0.3, -0.25) is 14.4 Å². The molecule has 3 heterocycles. The minimum atomic E-state index is -0.299. The Bertz CT molecular complexity index is 946. The fourth-order valence-electron chi connectivity index (χ4n) is 3.92. The summed E-state index contributed by atoms with van der Waals surface area (Å²) in [6, 6.07) is 11.3. The van der Waals surface area contributed by atoms with Crippen LogP contribution in [0.2, 0.25) is 0 Å². The summed E-state index contributed by atoms with van der Waals surface area (Å²) >= 11 is 1.44. The quantitative estimate of drug-likeness (QED) is 0.783. The Morgan fingerprint density at radius 3 is 2.41 bits per heavy atom. The summed E-state index contributed by atoms with van der Waals surface area (Å²) < 4.78 is 0. The maximum Gasteiger partial charge on any atom is 0.264 e. The van der Waals surface area contributed by atoms with Crippen molar-refractivity contribution in [2.24, 2.45) is 0 Å². The Balaban J connectivity index is 1.42. The molecule has 1 saturated heterocycles. The summed E-state index contributed by atoms with van der Waals surface area (Å²) in [5.41, 5.74) is 2.03. The first-order valence-electron chi connectivity index (χ1n) is 9.71. The molecule has 7 heteroatoms. The monoisotopic (exact) mass is 409 g/mol. The summed E-state index contributed by atoms with van der Waals surface area (Å²) in [7, 11) is 0. The minimum absolute atomic E-state index is 0.00887. The highest BCUT2D eigenvalue weighted by Gasteiger charge is 2.31. The highest BCUT2D eigenvalue weighted by Crippen LogP contribution is 2.33. The van der Waals surface area contributed by atoms with E-state index in [-0.39, 0.29) is 30.2 Å². The van der Waals surface area contributed by atoms with Crippen LogP contribution in [0.15, 0.2) is 48.0 Å². The summed E-state index contributed by atoms with van der Waals surface area (Å²) in [5, 5.41) is 1.89. The normalized spacial score (nSPS) is 18.5. The minimum Gasteiger partial charge on any atom is -0.339 e. The number of benzene rings is 1. The van der Waals surface area contributed by atoms with Crippen LogP contribution < -0.4 is 0 Å². The summed E-state index contributed by atoms with van der Waals surface area (Å²) in [6.07, 6.45) is 3.91. The number of carbonyl (C=O) groups excluding carboxylic acids is 3. The number of hydrogen-bond acceptors (Lipinski definition) is 4. The van der Waals surface area contributed by atoms with Gasteiger partial charge in [0.1, 0.15) is 0 Å². The molecule has 4 rings (SSSR count). The van der Waals surface area contributed by atoms with E-state index >= 15 is 0 Å². The van der Waals surface area contributed by atoms with Crippen LogP contribution in [0.1, 0.15) is 40.2 Å². The smallest absolute Gasteiger partial charge is 0.264 e. The van der Waals surface area contributed by atoms with E-state index in [2.05, 4.69) is 0 Å². The van der Waals surface area contributed by atoms with Gasteiger partial charge in [0.25, 0.3) is 5.91 Å². The maximum atomic E-state index is 13.0. The second-order valence-corrected chi connectivity index (χ2v) is 8.19. The van der Waals surface area contributed by atoms with E-state index in [1.54, 1.807) is 20.9 Å². The third-order valence-corrected chi connectivity index (χ3v) is 6.35. The van der Waals surface area contributed by atoms with Crippen molar-refractivity contribution in [2.75, 3.05) is 26.2 Å². The van der Waals surface area contributed by atoms with E-state index in [1.807, 2.05) is 47.9 Å². The molecule has 0 N–H and O–H groups in total. The fourth-order valence-corrected chi connectivity index (χ4v) is 4.61. The molecule has 1 fully saturated rings. The number of thiophene rings is 1. The lowest BCUT2D eigenvalue weighted by Gasteiger charge is -2.37. The first-order valence-corrected chi connectivity index (χ1v) is 10.6. The van der Waals surface area contributed by atoms with Crippen molar-refractivity contribution in [1.82, 2.24) is 14.7 Å². The molecule has 0 unspecified atom stereocenters. The predicted molar refractivity (Wildman–Crippen MR) is 112 cm³/mol. The number of fused-ring (bicyclic) bond motifs is 1. The van der Waals surface area contributed by atoms with Crippen LogP contribution in [0.4, 0.5) is 0 Å². The summed E-state index contributed by atoms with van der Waals surface area (Å²) in [5.74, 6) is -0.0457. The Hall–Kier alpha value is -2.93. The van der Waals surface area contributed by atoms with Crippen LogP contribution in [0, 0.1) is 0 Å². The highest BCUT2D eigenvalue weighted by atomic mass is 32.1. The van der Waals surface area contributed by atoms with Gasteiger partial charge in [0.15, 0.2) is 0 Å². The Labute approximate surface area is 174 Å². The van der Waals surface area contributed by atoms with E-state index in [0.29, 0.717) is 26.2 Å². The van der Waals surface area contributed by atoms with Crippen LogP contribution in [0.5, 0.6) is 0 Å². The zero-order chi connectivity index (χ0) is 20.4. The molecular weight excluding hydrogens is 386 g/mol. The van der Waals surface area contributed by atoms with Gasteiger partial charge >= 0.3 is 0 Å². The van der Waals surface area contributed by atoms with E-state index in [4.69, 9.17) is 0 Å². The van der Waals surface area contributed by atoms with Crippen molar-refractivity contribution in [3.63, 3.8) is 0 Å². The molecule has 0 radical (unpaired) electrons. The topological polar surface area (TPSA) is 60.9 Å². The molecule has 0 bridgehead atoms. The molecule has 3 amide bonds. The number of hydrogen-bond donors (Lipinski definition) is 0. The zero-order valence-electron chi connectivity index (χ0n) is 16.3. The number of piperazine rings is 1. The third kappa shape index (κ3) is 3.96. The van der Waals surface area contributed by atoms with E-state index in [0.717, 1.165) is 16.0 Å². The molecule has 0 saturated carbocycles. The molecule has 1 aromatic heterocycles. The van der Waals surface area contributed by atoms with E-state index < -0.39 is 0 Å². The summed E-state index contributed by atoms with van der Waals surface area (Å²) in [4.78, 5) is 43.6. The Morgan fingerprint density at radius 2 is 1.72 bits per heavy atom. The van der Waals surface area contributed by atoms with Crippen molar-refractivity contribution >= 4 is 35.1 Å². The molecule has 0 aliphatic carbocycles. The van der Waals surface area contributed by atoms with Crippen molar-refractivity contribution in [3.05, 3.63) is 64.0 Å². The number of nitrogens with zero attached hydrogens (tertiary/aromatic N) is 3. The van der Waals surface area contributed by atoms with E-state index in [9.17, 15) is 14.4 Å². The van der Waals surface area contributed by atoms with Crippen molar-refractivity contribution in [3.8, 4) is 0 Å². The molecule has 1 aromatic carbocycles. The molecule has 6 nitrogen and oxygen atoms in total. The van der Waals surface area contributed by atoms with E-state index in [1.165, 1.54) is 18.3 Å². The van der Waals surface area contributed by atoms with Crippen molar-refractivity contribution in [2.45, 2.75) is 19.4 Å². The largest absolute Gasteiger partial charge is 0.339 e. The molecular formula is C22H23N3O3S. The number of carbonyl (C=O) groups is 3.